The van der Waals surface area contributed by atoms with Crippen LogP contribution in [0, 0.1) is 10.8 Å². The molecule has 1 nitrogen and oxygen atoms in total. The summed E-state index contributed by atoms with van der Waals surface area (Å²) < 4.78 is 0. The van der Waals surface area contributed by atoms with Crippen molar-refractivity contribution in [2.45, 2.75) is 66.0 Å². The van der Waals surface area contributed by atoms with Gasteiger partial charge in [0.1, 0.15) is 0 Å². The van der Waals surface area contributed by atoms with Crippen molar-refractivity contribution in [3.05, 3.63) is 0 Å². The van der Waals surface area contributed by atoms with Gasteiger partial charge in [-0.05, 0) is 43.9 Å². The molecule has 0 aromatic heterocycles. The monoisotopic (exact) mass is 195 g/mol. The molecule has 0 N–H and O–H groups in total. The molecule has 0 aromatic carbocycles. The third-order valence-electron chi connectivity index (χ3n) is 4.12. The Morgan fingerprint density at radius 3 is 2.36 bits per heavy atom. The lowest BCUT2D eigenvalue weighted by Gasteiger charge is -2.40. The highest BCUT2D eigenvalue weighted by molar-refractivity contribution is 5.03. The van der Waals surface area contributed by atoms with Crippen LogP contribution in [0.2, 0.25) is 0 Å². The Morgan fingerprint density at radius 1 is 1.14 bits per heavy atom. The number of fused-ring (bicyclic) bond motifs is 2. The van der Waals surface area contributed by atoms with Crippen LogP contribution in [0.4, 0.5) is 0 Å². The van der Waals surface area contributed by atoms with Gasteiger partial charge in [-0.3, -0.25) is 4.90 Å². The van der Waals surface area contributed by atoms with Crippen molar-refractivity contribution in [2.24, 2.45) is 10.8 Å². The van der Waals surface area contributed by atoms with Crippen molar-refractivity contribution in [3.8, 4) is 0 Å². The van der Waals surface area contributed by atoms with Crippen molar-refractivity contribution >= 4 is 0 Å². The molecule has 0 aromatic rings. The van der Waals surface area contributed by atoms with Gasteiger partial charge >= 0.3 is 0 Å². The van der Waals surface area contributed by atoms with Gasteiger partial charge in [-0.1, -0.05) is 20.8 Å². The van der Waals surface area contributed by atoms with Crippen LogP contribution < -0.4 is 0 Å². The molecule has 14 heavy (non-hydrogen) atoms. The highest BCUT2D eigenvalue weighted by Gasteiger charge is 2.49. The lowest BCUT2D eigenvalue weighted by molar-refractivity contribution is 0.122. The molecular formula is C13H25N. The second kappa shape index (κ2) is 2.98. The van der Waals surface area contributed by atoms with Gasteiger partial charge in [0.25, 0.3) is 0 Å². The Morgan fingerprint density at radius 2 is 1.79 bits per heavy atom. The van der Waals surface area contributed by atoms with E-state index in [2.05, 4.69) is 39.5 Å². The van der Waals surface area contributed by atoms with E-state index in [4.69, 9.17) is 0 Å². The summed E-state index contributed by atoms with van der Waals surface area (Å²) in [6.07, 6.45) is 4.26. The molecular weight excluding hydrogens is 170 g/mol. The van der Waals surface area contributed by atoms with Gasteiger partial charge in [-0.2, -0.15) is 0 Å². The minimum Gasteiger partial charge on any atom is -0.297 e. The van der Waals surface area contributed by atoms with E-state index in [0.717, 1.165) is 12.1 Å². The Hall–Kier alpha value is -0.0400. The summed E-state index contributed by atoms with van der Waals surface area (Å²) in [7, 11) is 0. The molecule has 0 amide bonds. The molecule has 1 aliphatic heterocycles. The van der Waals surface area contributed by atoms with E-state index in [1.54, 1.807) is 0 Å². The van der Waals surface area contributed by atoms with Gasteiger partial charge in [0.2, 0.25) is 0 Å². The second-order valence-electron chi connectivity index (χ2n) is 6.98. The van der Waals surface area contributed by atoms with Gasteiger partial charge in [-0.15, -0.1) is 0 Å². The Balaban J connectivity index is 2.19. The van der Waals surface area contributed by atoms with Crippen molar-refractivity contribution in [1.82, 2.24) is 4.90 Å². The summed E-state index contributed by atoms with van der Waals surface area (Å²) in [5.74, 6) is 0. The molecule has 2 fully saturated rings. The molecule has 1 saturated carbocycles. The van der Waals surface area contributed by atoms with Crippen LogP contribution in [0.5, 0.6) is 0 Å². The molecule has 2 aliphatic rings. The third kappa shape index (κ3) is 1.71. The normalized spacial score (nSPS) is 42.0. The number of rotatable bonds is 1. The zero-order chi connectivity index (χ0) is 10.6. The molecule has 0 unspecified atom stereocenters. The smallest absolute Gasteiger partial charge is 0.0109 e. The van der Waals surface area contributed by atoms with Crippen LogP contribution in [0.25, 0.3) is 0 Å². The molecule has 82 valence electrons. The number of likely N-dealkylation sites (tertiary alicyclic amines) is 1. The molecule has 0 spiro atoms. The van der Waals surface area contributed by atoms with Crippen molar-refractivity contribution in [2.75, 3.05) is 6.54 Å². The second-order valence-corrected chi connectivity index (χ2v) is 6.98. The topological polar surface area (TPSA) is 3.24 Å². The highest BCUT2D eigenvalue weighted by atomic mass is 15.2. The maximum Gasteiger partial charge on any atom is 0.0109 e. The Labute approximate surface area is 88.9 Å². The third-order valence-corrected chi connectivity index (χ3v) is 4.12. The van der Waals surface area contributed by atoms with Gasteiger partial charge in [0.05, 0.1) is 0 Å². The average Bonchev–Trinajstić information content (AvgIpc) is 2.19. The number of hydrogen-bond donors (Lipinski definition) is 0. The lowest BCUT2D eigenvalue weighted by Crippen LogP contribution is -2.37. The maximum absolute atomic E-state index is 2.73. The van der Waals surface area contributed by atoms with Crippen molar-refractivity contribution in [3.63, 3.8) is 0 Å². The standard InChI is InChI=1S/C13H25N/c1-10(2)14-9-13(5)7-11(14)6-12(3,4)8-13/h10-11H,6-9H2,1-5H3/t11-,13+/m1/s1. The summed E-state index contributed by atoms with van der Waals surface area (Å²) in [6, 6.07) is 1.60. The fourth-order valence-corrected chi connectivity index (χ4v) is 4.11. The first-order valence-corrected chi connectivity index (χ1v) is 6.07. The van der Waals surface area contributed by atoms with Crippen LogP contribution in [-0.2, 0) is 0 Å². The van der Waals surface area contributed by atoms with Crippen LogP contribution in [-0.4, -0.2) is 23.5 Å². The summed E-state index contributed by atoms with van der Waals surface area (Å²) in [5, 5.41) is 0. The van der Waals surface area contributed by atoms with Gasteiger partial charge in [0.15, 0.2) is 0 Å². The molecule has 0 radical (unpaired) electrons. The molecule has 2 bridgehead atoms. The minimum atomic E-state index is 0.571. The summed E-state index contributed by atoms with van der Waals surface area (Å²) in [6.45, 7) is 13.4. The SMILES string of the molecule is CC(C)N1C[C@@]2(C)C[C@H]1CC(C)(C)C2. The van der Waals surface area contributed by atoms with E-state index >= 15 is 0 Å². The van der Waals surface area contributed by atoms with E-state index in [-0.39, 0.29) is 0 Å². The predicted molar refractivity (Wildman–Crippen MR) is 61.4 cm³/mol. The average molecular weight is 195 g/mol. The fourth-order valence-electron chi connectivity index (χ4n) is 4.11. The summed E-state index contributed by atoms with van der Waals surface area (Å²) >= 11 is 0. The quantitative estimate of drug-likeness (QED) is 0.620. The fraction of sp³-hybridized carbons (Fsp3) is 1.00. The van der Waals surface area contributed by atoms with Gasteiger partial charge in [-0.25, -0.2) is 0 Å². The molecule has 2 atom stereocenters. The number of nitrogens with zero attached hydrogens (tertiary/aromatic N) is 1. The van der Waals surface area contributed by atoms with Crippen LogP contribution in [0.15, 0.2) is 0 Å². The van der Waals surface area contributed by atoms with E-state index in [9.17, 15) is 0 Å². The first kappa shape index (κ1) is 10.5. The predicted octanol–water partition coefficient (Wildman–Crippen LogP) is 3.30. The van der Waals surface area contributed by atoms with Crippen molar-refractivity contribution in [1.29, 1.82) is 0 Å². The summed E-state index contributed by atoms with van der Waals surface area (Å²) in [4.78, 5) is 2.73. The van der Waals surface area contributed by atoms with Crippen molar-refractivity contribution < 1.29 is 0 Å². The van der Waals surface area contributed by atoms with E-state index in [0.29, 0.717) is 10.8 Å². The zero-order valence-corrected chi connectivity index (χ0v) is 10.4. The Kier molecular flexibility index (Phi) is 2.23. The maximum atomic E-state index is 2.73. The first-order chi connectivity index (χ1) is 6.31. The van der Waals surface area contributed by atoms with Crippen LogP contribution >= 0.6 is 0 Å². The lowest BCUT2D eigenvalue weighted by atomic mass is 9.65. The van der Waals surface area contributed by atoms with E-state index in [1.165, 1.54) is 25.8 Å². The Bertz CT molecular complexity index is 231. The molecule has 1 heteroatoms. The molecule has 2 rings (SSSR count). The van der Waals surface area contributed by atoms with Crippen LogP contribution in [0.1, 0.15) is 53.9 Å². The minimum absolute atomic E-state index is 0.571. The molecule has 1 heterocycles. The largest absolute Gasteiger partial charge is 0.297 e. The highest BCUT2D eigenvalue weighted by Crippen LogP contribution is 2.52. The zero-order valence-electron chi connectivity index (χ0n) is 10.4. The molecule has 1 aliphatic carbocycles. The van der Waals surface area contributed by atoms with Gasteiger partial charge < -0.3 is 0 Å². The van der Waals surface area contributed by atoms with E-state index in [1.807, 2.05) is 0 Å². The van der Waals surface area contributed by atoms with E-state index < -0.39 is 0 Å². The molecule has 1 saturated heterocycles. The first-order valence-electron chi connectivity index (χ1n) is 6.07. The van der Waals surface area contributed by atoms with Gasteiger partial charge in [0, 0.05) is 18.6 Å². The number of hydrogen-bond acceptors (Lipinski definition) is 1. The van der Waals surface area contributed by atoms with Crippen LogP contribution in [0.3, 0.4) is 0 Å². The summed E-state index contributed by atoms with van der Waals surface area (Å²) in [5.41, 5.74) is 1.18.